The average Bonchev–Trinajstić information content (AvgIpc) is 2.59. The standard InChI is InChI=1S/C26H40N2/c1-23(2,3)20-15-14-19(18-27-20)25(7,8)16-17-26(9,10)22-13-11-12-21(28-22)24(4,5)6/h11-15,18H,16-17H2,1-10H3. The van der Waals surface area contributed by atoms with E-state index in [-0.39, 0.29) is 21.7 Å². The van der Waals surface area contributed by atoms with Crippen molar-refractivity contribution in [2.45, 2.75) is 104 Å². The largest absolute Gasteiger partial charge is 0.260 e. The molecule has 0 atom stereocenters. The Bertz CT molecular complexity index is 784. The van der Waals surface area contributed by atoms with Crippen molar-refractivity contribution in [3.8, 4) is 0 Å². The third kappa shape index (κ3) is 5.43. The van der Waals surface area contributed by atoms with Gasteiger partial charge >= 0.3 is 0 Å². The summed E-state index contributed by atoms with van der Waals surface area (Å²) in [4.78, 5) is 9.76. The van der Waals surface area contributed by atoms with Crippen molar-refractivity contribution in [3.05, 3.63) is 59.2 Å². The highest BCUT2D eigenvalue weighted by atomic mass is 14.8. The van der Waals surface area contributed by atoms with Crippen LogP contribution >= 0.6 is 0 Å². The Morgan fingerprint density at radius 3 is 1.64 bits per heavy atom. The lowest BCUT2D eigenvalue weighted by Gasteiger charge is -2.32. The van der Waals surface area contributed by atoms with Gasteiger partial charge in [0, 0.05) is 39.5 Å². The molecule has 28 heavy (non-hydrogen) atoms. The van der Waals surface area contributed by atoms with E-state index in [1.54, 1.807) is 0 Å². The second-order valence-corrected chi connectivity index (χ2v) is 11.6. The van der Waals surface area contributed by atoms with E-state index in [0.29, 0.717) is 0 Å². The van der Waals surface area contributed by atoms with E-state index in [9.17, 15) is 0 Å². The molecule has 0 spiro atoms. The van der Waals surface area contributed by atoms with Gasteiger partial charge in [0.2, 0.25) is 0 Å². The van der Waals surface area contributed by atoms with Gasteiger partial charge in [-0.1, -0.05) is 81.4 Å². The van der Waals surface area contributed by atoms with Crippen LogP contribution in [-0.4, -0.2) is 9.97 Å². The van der Waals surface area contributed by atoms with Crippen LogP contribution < -0.4 is 0 Å². The summed E-state index contributed by atoms with van der Waals surface area (Å²) in [6.45, 7) is 22.6. The lowest BCUT2D eigenvalue weighted by Crippen LogP contribution is -2.26. The first kappa shape index (κ1) is 22.6. The minimum absolute atomic E-state index is 0.0390. The molecule has 0 aromatic carbocycles. The minimum Gasteiger partial charge on any atom is -0.260 e. The monoisotopic (exact) mass is 380 g/mol. The summed E-state index contributed by atoms with van der Waals surface area (Å²) < 4.78 is 0. The Balaban J connectivity index is 2.17. The summed E-state index contributed by atoms with van der Waals surface area (Å²) in [6, 6.07) is 10.9. The van der Waals surface area contributed by atoms with E-state index < -0.39 is 0 Å². The highest BCUT2D eigenvalue weighted by Gasteiger charge is 2.29. The molecule has 2 nitrogen and oxygen atoms in total. The molecule has 2 aromatic rings. The smallest absolute Gasteiger partial charge is 0.0463 e. The lowest BCUT2D eigenvalue weighted by molar-refractivity contribution is 0.366. The molecule has 0 saturated heterocycles. The number of rotatable bonds is 5. The van der Waals surface area contributed by atoms with Crippen LogP contribution in [0.25, 0.3) is 0 Å². The van der Waals surface area contributed by atoms with Gasteiger partial charge in [-0.3, -0.25) is 9.97 Å². The fraction of sp³-hybridized carbons (Fsp3) is 0.615. The molecule has 2 heteroatoms. The predicted octanol–water partition coefficient (Wildman–Crippen LogP) is 7.11. The van der Waals surface area contributed by atoms with Crippen molar-refractivity contribution in [2.75, 3.05) is 0 Å². The summed E-state index contributed by atoms with van der Waals surface area (Å²) >= 11 is 0. The normalized spacial score (nSPS) is 13.6. The van der Waals surface area contributed by atoms with E-state index in [0.717, 1.165) is 18.5 Å². The van der Waals surface area contributed by atoms with Gasteiger partial charge < -0.3 is 0 Å². The Kier molecular flexibility index (Phi) is 6.14. The summed E-state index contributed by atoms with van der Waals surface area (Å²) in [5.74, 6) is 0. The quantitative estimate of drug-likeness (QED) is 0.552. The molecule has 0 N–H and O–H groups in total. The maximum absolute atomic E-state index is 5.02. The van der Waals surface area contributed by atoms with Crippen LogP contribution in [0.2, 0.25) is 0 Å². The topological polar surface area (TPSA) is 25.8 Å². The minimum atomic E-state index is 0.0390. The molecule has 0 radical (unpaired) electrons. The summed E-state index contributed by atoms with van der Waals surface area (Å²) in [6.07, 6.45) is 4.26. The van der Waals surface area contributed by atoms with E-state index in [4.69, 9.17) is 9.97 Å². The first-order chi connectivity index (χ1) is 12.6. The van der Waals surface area contributed by atoms with Crippen molar-refractivity contribution < 1.29 is 0 Å². The van der Waals surface area contributed by atoms with Crippen LogP contribution in [0.5, 0.6) is 0 Å². The van der Waals surface area contributed by atoms with Crippen LogP contribution in [-0.2, 0) is 21.7 Å². The van der Waals surface area contributed by atoms with Gasteiger partial charge in [-0.25, -0.2) is 0 Å². The number of pyridine rings is 2. The Labute approximate surface area is 173 Å². The van der Waals surface area contributed by atoms with Gasteiger partial charge in [0.25, 0.3) is 0 Å². The molecular weight excluding hydrogens is 340 g/mol. The molecule has 0 aliphatic heterocycles. The fourth-order valence-electron chi connectivity index (χ4n) is 3.36. The molecule has 0 fully saturated rings. The molecule has 0 aliphatic carbocycles. The van der Waals surface area contributed by atoms with Gasteiger partial charge in [0.1, 0.15) is 0 Å². The molecule has 154 valence electrons. The van der Waals surface area contributed by atoms with Crippen LogP contribution in [0.15, 0.2) is 36.5 Å². The highest BCUT2D eigenvalue weighted by Crippen LogP contribution is 2.36. The van der Waals surface area contributed by atoms with Gasteiger partial charge in [-0.05, 0) is 42.0 Å². The molecule has 2 rings (SSSR count). The Morgan fingerprint density at radius 2 is 1.14 bits per heavy atom. The highest BCUT2D eigenvalue weighted by molar-refractivity contribution is 5.26. The SMILES string of the molecule is CC(C)(C)c1ccc(C(C)(C)CCC(C)(C)c2cccc(C(C)(C)C)n2)cn1. The number of nitrogens with zero attached hydrogens (tertiary/aromatic N) is 2. The van der Waals surface area contributed by atoms with Crippen LogP contribution in [0.4, 0.5) is 0 Å². The molecule has 0 saturated carbocycles. The van der Waals surface area contributed by atoms with Gasteiger partial charge in [-0.15, -0.1) is 0 Å². The third-order valence-electron chi connectivity index (χ3n) is 5.90. The molecule has 0 amide bonds. The van der Waals surface area contributed by atoms with Crippen molar-refractivity contribution in [3.63, 3.8) is 0 Å². The van der Waals surface area contributed by atoms with Crippen molar-refractivity contribution in [1.82, 2.24) is 9.97 Å². The average molecular weight is 381 g/mol. The van der Waals surface area contributed by atoms with E-state index in [1.165, 1.54) is 17.0 Å². The van der Waals surface area contributed by atoms with Crippen molar-refractivity contribution >= 4 is 0 Å². The zero-order chi connectivity index (χ0) is 21.4. The Hall–Kier alpha value is -1.70. The van der Waals surface area contributed by atoms with Crippen LogP contribution in [0.1, 0.15) is 105 Å². The van der Waals surface area contributed by atoms with Gasteiger partial charge in [0.15, 0.2) is 0 Å². The maximum atomic E-state index is 5.02. The first-order valence-corrected chi connectivity index (χ1v) is 10.6. The number of aromatic nitrogens is 2. The molecule has 0 unspecified atom stereocenters. The maximum Gasteiger partial charge on any atom is 0.0463 e. The van der Waals surface area contributed by atoms with Gasteiger partial charge in [0.05, 0.1) is 0 Å². The zero-order valence-corrected chi connectivity index (χ0v) is 19.8. The molecular formula is C26H40N2. The van der Waals surface area contributed by atoms with Crippen LogP contribution in [0.3, 0.4) is 0 Å². The predicted molar refractivity (Wildman–Crippen MR) is 121 cm³/mol. The summed E-state index contributed by atoms with van der Waals surface area (Å²) in [5.41, 5.74) is 5.11. The number of hydrogen-bond acceptors (Lipinski definition) is 2. The van der Waals surface area contributed by atoms with Crippen LogP contribution in [0, 0.1) is 0 Å². The van der Waals surface area contributed by atoms with E-state index in [1.807, 2.05) is 0 Å². The molecule has 2 aromatic heterocycles. The van der Waals surface area contributed by atoms with E-state index >= 15 is 0 Å². The zero-order valence-electron chi connectivity index (χ0n) is 19.8. The molecule has 2 heterocycles. The first-order valence-electron chi connectivity index (χ1n) is 10.6. The lowest BCUT2D eigenvalue weighted by atomic mass is 9.74. The van der Waals surface area contributed by atoms with Crippen molar-refractivity contribution in [2.24, 2.45) is 0 Å². The third-order valence-corrected chi connectivity index (χ3v) is 5.90. The second kappa shape index (κ2) is 7.61. The van der Waals surface area contributed by atoms with Gasteiger partial charge in [-0.2, -0.15) is 0 Å². The number of hydrogen-bond donors (Lipinski definition) is 0. The van der Waals surface area contributed by atoms with E-state index in [2.05, 4.69) is 106 Å². The Morgan fingerprint density at radius 1 is 0.607 bits per heavy atom. The molecule has 0 bridgehead atoms. The summed E-state index contributed by atoms with van der Waals surface area (Å²) in [5, 5.41) is 0. The van der Waals surface area contributed by atoms with Crippen molar-refractivity contribution in [1.29, 1.82) is 0 Å². The summed E-state index contributed by atoms with van der Waals surface area (Å²) in [7, 11) is 0. The molecule has 0 aliphatic rings. The fourth-order valence-corrected chi connectivity index (χ4v) is 3.36. The second-order valence-electron chi connectivity index (χ2n) is 11.6.